The van der Waals surface area contributed by atoms with Crippen molar-refractivity contribution >= 4 is 5.69 Å². The number of nitrogens with zero attached hydrogens (tertiary/aromatic N) is 2. The van der Waals surface area contributed by atoms with Crippen LogP contribution >= 0.6 is 0 Å². The molecule has 0 saturated heterocycles. The molecular weight excluding hydrogens is 136 g/mol. The molecule has 1 rings (SSSR count). The van der Waals surface area contributed by atoms with Gasteiger partial charge in [-0.15, -0.1) is 0 Å². The van der Waals surface area contributed by atoms with Gasteiger partial charge in [-0.3, -0.25) is 0 Å². The van der Waals surface area contributed by atoms with Crippen LogP contribution in [0, 0.1) is 13.8 Å². The highest BCUT2D eigenvalue weighted by Gasteiger charge is 1.94. The quantitative estimate of drug-likeness (QED) is 0.547. The van der Waals surface area contributed by atoms with Crippen molar-refractivity contribution in [1.82, 2.24) is 0 Å². The maximum Gasteiger partial charge on any atom is 0.0884 e. The van der Waals surface area contributed by atoms with Crippen LogP contribution in [0.4, 0.5) is 5.69 Å². The van der Waals surface area contributed by atoms with Crippen LogP contribution in [0.15, 0.2) is 28.4 Å². The molecule has 1 aromatic carbocycles. The summed E-state index contributed by atoms with van der Waals surface area (Å²) in [6.45, 7) is 4.08. The topological polar surface area (TPSA) is 24.7 Å². The van der Waals surface area contributed by atoms with Crippen LogP contribution in [-0.2, 0) is 0 Å². The molecule has 58 valence electrons. The molecule has 0 aromatic heterocycles. The fourth-order valence-corrected chi connectivity index (χ4v) is 0.935. The van der Waals surface area contributed by atoms with Crippen LogP contribution in [0.3, 0.4) is 0 Å². The first kappa shape index (κ1) is 7.92. The standard InChI is InChI=1S/C9H12N2/c1-7-4-5-8(2)9(6-7)11-10-3/h4-6H,1-3H3. The molecule has 0 N–H and O–H groups in total. The van der Waals surface area contributed by atoms with Crippen molar-refractivity contribution in [2.45, 2.75) is 13.8 Å². The number of azo groups is 1. The Hall–Kier alpha value is -1.18. The second kappa shape index (κ2) is 3.28. The maximum absolute atomic E-state index is 3.99. The van der Waals surface area contributed by atoms with E-state index in [0.717, 1.165) is 5.69 Å². The first-order valence-electron chi connectivity index (χ1n) is 3.61. The third-order valence-corrected chi connectivity index (χ3v) is 1.57. The fraction of sp³-hybridized carbons (Fsp3) is 0.333. The summed E-state index contributed by atoms with van der Waals surface area (Å²) < 4.78 is 0. The van der Waals surface area contributed by atoms with E-state index in [2.05, 4.69) is 22.4 Å². The molecule has 0 bridgehead atoms. The molecular formula is C9H12N2. The molecule has 0 unspecified atom stereocenters. The van der Waals surface area contributed by atoms with Gasteiger partial charge in [0, 0.05) is 7.05 Å². The second-order valence-electron chi connectivity index (χ2n) is 2.59. The van der Waals surface area contributed by atoms with Crippen LogP contribution in [0.25, 0.3) is 0 Å². The average Bonchev–Trinajstić information content (AvgIpc) is 1.98. The highest BCUT2D eigenvalue weighted by Crippen LogP contribution is 2.19. The van der Waals surface area contributed by atoms with Crippen LogP contribution in [0.2, 0.25) is 0 Å². The van der Waals surface area contributed by atoms with Crippen LogP contribution in [0.1, 0.15) is 11.1 Å². The van der Waals surface area contributed by atoms with E-state index in [4.69, 9.17) is 0 Å². The summed E-state index contributed by atoms with van der Waals surface area (Å²) in [5.41, 5.74) is 3.35. The third kappa shape index (κ3) is 1.87. The van der Waals surface area contributed by atoms with Gasteiger partial charge in [0.05, 0.1) is 5.69 Å². The van der Waals surface area contributed by atoms with Gasteiger partial charge in [-0.2, -0.15) is 10.2 Å². The first-order chi connectivity index (χ1) is 5.24. The van der Waals surface area contributed by atoms with E-state index in [1.54, 1.807) is 7.05 Å². The van der Waals surface area contributed by atoms with Crippen molar-refractivity contribution in [2.24, 2.45) is 10.2 Å². The summed E-state index contributed by atoms with van der Waals surface area (Å²) in [4.78, 5) is 0. The van der Waals surface area contributed by atoms with Gasteiger partial charge in [-0.25, -0.2) is 0 Å². The molecule has 2 heteroatoms. The smallest absolute Gasteiger partial charge is 0.0884 e. The largest absolute Gasteiger partial charge is 0.192 e. The summed E-state index contributed by atoms with van der Waals surface area (Å²) in [7, 11) is 1.68. The maximum atomic E-state index is 3.99. The summed E-state index contributed by atoms with van der Waals surface area (Å²) >= 11 is 0. The van der Waals surface area contributed by atoms with Crippen LogP contribution < -0.4 is 0 Å². The van der Waals surface area contributed by atoms with Crippen molar-refractivity contribution in [3.63, 3.8) is 0 Å². The minimum atomic E-state index is 0.965. The van der Waals surface area contributed by atoms with E-state index in [9.17, 15) is 0 Å². The minimum absolute atomic E-state index is 0.965. The zero-order valence-electron chi connectivity index (χ0n) is 7.13. The molecule has 0 aliphatic carbocycles. The van der Waals surface area contributed by atoms with E-state index in [0.29, 0.717) is 0 Å². The van der Waals surface area contributed by atoms with Crippen molar-refractivity contribution in [3.05, 3.63) is 29.3 Å². The average molecular weight is 148 g/mol. The van der Waals surface area contributed by atoms with Crippen molar-refractivity contribution in [3.8, 4) is 0 Å². The van der Waals surface area contributed by atoms with Gasteiger partial charge >= 0.3 is 0 Å². The predicted octanol–water partition coefficient (Wildman–Crippen LogP) is 3.02. The molecule has 0 saturated carbocycles. The Balaban J connectivity index is 3.12. The fourth-order valence-electron chi connectivity index (χ4n) is 0.935. The number of aryl methyl sites for hydroxylation is 2. The molecule has 0 aliphatic rings. The molecule has 0 heterocycles. The van der Waals surface area contributed by atoms with E-state index < -0.39 is 0 Å². The highest BCUT2D eigenvalue weighted by atomic mass is 15.1. The first-order valence-corrected chi connectivity index (χ1v) is 3.61. The Kier molecular flexibility index (Phi) is 2.36. The Morgan fingerprint density at radius 1 is 1.18 bits per heavy atom. The highest BCUT2D eigenvalue weighted by molar-refractivity contribution is 5.46. The number of hydrogen-bond donors (Lipinski definition) is 0. The second-order valence-corrected chi connectivity index (χ2v) is 2.59. The molecule has 0 radical (unpaired) electrons. The van der Waals surface area contributed by atoms with Gasteiger partial charge in [-0.1, -0.05) is 12.1 Å². The molecule has 11 heavy (non-hydrogen) atoms. The van der Waals surface area contributed by atoms with Crippen LogP contribution in [-0.4, -0.2) is 7.05 Å². The normalized spacial score (nSPS) is 10.8. The Morgan fingerprint density at radius 3 is 2.55 bits per heavy atom. The summed E-state index contributed by atoms with van der Waals surface area (Å²) in [6.07, 6.45) is 0. The Bertz CT molecular complexity index is 277. The van der Waals surface area contributed by atoms with Gasteiger partial charge in [0.2, 0.25) is 0 Å². The summed E-state index contributed by atoms with van der Waals surface area (Å²) in [5.74, 6) is 0. The van der Waals surface area contributed by atoms with Crippen molar-refractivity contribution in [2.75, 3.05) is 7.05 Å². The van der Waals surface area contributed by atoms with E-state index >= 15 is 0 Å². The molecule has 1 aromatic rings. The molecule has 0 amide bonds. The number of benzene rings is 1. The number of rotatable bonds is 1. The Morgan fingerprint density at radius 2 is 1.91 bits per heavy atom. The minimum Gasteiger partial charge on any atom is -0.192 e. The molecule has 0 atom stereocenters. The van der Waals surface area contributed by atoms with Crippen molar-refractivity contribution < 1.29 is 0 Å². The Labute approximate surface area is 67.0 Å². The lowest BCUT2D eigenvalue weighted by molar-refractivity contribution is 1.15. The van der Waals surface area contributed by atoms with Gasteiger partial charge in [-0.05, 0) is 31.0 Å². The number of hydrogen-bond acceptors (Lipinski definition) is 2. The predicted molar refractivity (Wildman–Crippen MR) is 46.4 cm³/mol. The molecule has 0 spiro atoms. The zero-order valence-corrected chi connectivity index (χ0v) is 7.13. The van der Waals surface area contributed by atoms with Gasteiger partial charge in [0.15, 0.2) is 0 Å². The van der Waals surface area contributed by atoms with Crippen molar-refractivity contribution in [1.29, 1.82) is 0 Å². The SMILES string of the molecule is CN=Nc1cc(C)ccc1C. The monoisotopic (exact) mass is 148 g/mol. The third-order valence-electron chi connectivity index (χ3n) is 1.57. The van der Waals surface area contributed by atoms with E-state index in [-0.39, 0.29) is 0 Å². The molecule has 0 aliphatic heterocycles. The van der Waals surface area contributed by atoms with Crippen LogP contribution in [0.5, 0.6) is 0 Å². The van der Waals surface area contributed by atoms with E-state index in [1.807, 2.05) is 19.9 Å². The van der Waals surface area contributed by atoms with E-state index in [1.165, 1.54) is 11.1 Å². The lowest BCUT2D eigenvalue weighted by atomic mass is 10.1. The van der Waals surface area contributed by atoms with Gasteiger partial charge in [0.25, 0.3) is 0 Å². The molecule has 0 fully saturated rings. The zero-order chi connectivity index (χ0) is 8.27. The summed E-state index contributed by atoms with van der Waals surface area (Å²) in [5, 5.41) is 7.72. The van der Waals surface area contributed by atoms with Gasteiger partial charge < -0.3 is 0 Å². The lowest BCUT2D eigenvalue weighted by Crippen LogP contribution is -1.75. The summed E-state index contributed by atoms with van der Waals surface area (Å²) in [6, 6.07) is 6.16. The molecule has 2 nitrogen and oxygen atoms in total. The lowest BCUT2D eigenvalue weighted by Gasteiger charge is -1.98. The van der Waals surface area contributed by atoms with Gasteiger partial charge in [0.1, 0.15) is 0 Å².